The van der Waals surface area contributed by atoms with Gasteiger partial charge in [-0.25, -0.2) is 0 Å². The van der Waals surface area contributed by atoms with E-state index in [4.69, 9.17) is 12.2 Å². The summed E-state index contributed by atoms with van der Waals surface area (Å²) in [7, 11) is 0. The highest BCUT2D eigenvalue weighted by Gasteiger charge is 2.01. The third-order valence-corrected chi connectivity index (χ3v) is 2.95. The lowest BCUT2D eigenvalue weighted by Crippen LogP contribution is -2.29. The fourth-order valence-corrected chi connectivity index (χ4v) is 1.88. The number of rotatable bonds is 4. The number of para-hydroxylation sites is 1. The van der Waals surface area contributed by atoms with Gasteiger partial charge in [-0.1, -0.05) is 24.3 Å². The second-order valence-corrected chi connectivity index (χ2v) is 4.72. The minimum absolute atomic E-state index is 0.629. The quantitative estimate of drug-likeness (QED) is 0.488. The molecule has 16 heavy (non-hydrogen) atoms. The third kappa shape index (κ3) is 4.24. The lowest BCUT2D eigenvalue weighted by molar-refractivity contribution is 0.999. The first-order chi connectivity index (χ1) is 7.63. The van der Waals surface area contributed by atoms with Crippen molar-refractivity contribution in [2.24, 2.45) is 0 Å². The van der Waals surface area contributed by atoms with Crippen LogP contribution in [0.1, 0.15) is 6.92 Å². The van der Waals surface area contributed by atoms with E-state index in [9.17, 15) is 0 Å². The molecule has 0 amide bonds. The van der Waals surface area contributed by atoms with Crippen molar-refractivity contribution < 1.29 is 0 Å². The van der Waals surface area contributed by atoms with Crippen LogP contribution in [-0.4, -0.2) is 17.9 Å². The highest BCUT2D eigenvalue weighted by atomic mass is 32.2. The van der Waals surface area contributed by atoms with Crippen molar-refractivity contribution >= 4 is 34.8 Å². The monoisotopic (exact) mass is 252 g/mol. The standard InChI is InChI=1S/C12H16N2S2/c1-9(2)8-13-12(15)14-10-6-4-5-7-11(10)16-3/h4-7H,1,8H2,2-3H3,(H2,13,14,15). The van der Waals surface area contributed by atoms with Gasteiger partial charge in [0.15, 0.2) is 5.11 Å². The van der Waals surface area contributed by atoms with Gasteiger partial charge in [0.2, 0.25) is 0 Å². The average molecular weight is 252 g/mol. The largest absolute Gasteiger partial charge is 0.359 e. The van der Waals surface area contributed by atoms with E-state index >= 15 is 0 Å². The molecule has 0 unspecified atom stereocenters. The van der Waals surface area contributed by atoms with Crippen molar-refractivity contribution in [3.8, 4) is 0 Å². The Kier molecular flexibility index (Phi) is 5.35. The van der Waals surface area contributed by atoms with Gasteiger partial charge in [0.1, 0.15) is 0 Å². The average Bonchev–Trinajstić information content (AvgIpc) is 2.27. The van der Waals surface area contributed by atoms with E-state index in [1.54, 1.807) is 11.8 Å². The van der Waals surface area contributed by atoms with Crippen molar-refractivity contribution in [2.75, 3.05) is 18.1 Å². The van der Waals surface area contributed by atoms with Gasteiger partial charge < -0.3 is 10.6 Å². The molecule has 0 aliphatic carbocycles. The summed E-state index contributed by atoms with van der Waals surface area (Å²) in [5.74, 6) is 0. The fraction of sp³-hybridized carbons (Fsp3) is 0.250. The van der Waals surface area contributed by atoms with Crippen LogP contribution in [0.3, 0.4) is 0 Å². The van der Waals surface area contributed by atoms with Crippen molar-refractivity contribution in [2.45, 2.75) is 11.8 Å². The van der Waals surface area contributed by atoms with Crippen LogP contribution in [0.15, 0.2) is 41.3 Å². The predicted molar refractivity (Wildman–Crippen MR) is 77.3 cm³/mol. The Morgan fingerprint density at radius 3 is 2.75 bits per heavy atom. The number of thioether (sulfide) groups is 1. The first-order valence-electron chi connectivity index (χ1n) is 4.95. The molecule has 0 fully saturated rings. The lowest BCUT2D eigenvalue weighted by atomic mass is 10.3. The van der Waals surface area contributed by atoms with E-state index in [1.165, 1.54) is 4.90 Å². The van der Waals surface area contributed by atoms with Gasteiger partial charge in [-0.15, -0.1) is 11.8 Å². The van der Waals surface area contributed by atoms with Crippen LogP contribution >= 0.6 is 24.0 Å². The Morgan fingerprint density at radius 2 is 2.12 bits per heavy atom. The Bertz CT molecular complexity index is 388. The minimum Gasteiger partial charge on any atom is -0.359 e. The van der Waals surface area contributed by atoms with Crippen LogP contribution in [-0.2, 0) is 0 Å². The molecule has 1 aromatic carbocycles. The van der Waals surface area contributed by atoms with Crippen molar-refractivity contribution in [1.29, 1.82) is 0 Å². The van der Waals surface area contributed by atoms with Gasteiger partial charge in [0.05, 0.1) is 5.69 Å². The molecule has 0 saturated carbocycles. The molecule has 0 radical (unpaired) electrons. The van der Waals surface area contributed by atoms with Crippen molar-refractivity contribution in [1.82, 2.24) is 5.32 Å². The van der Waals surface area contributed by atoms with Crippen molar-refractivity contribution in [3.63, 3.8) is 0 Å². The summed E-state index contributed by atoms with van der Waals surface area (Å²) in [4.78, 5) is 1.18. The van der Waals surface area contributed by atoms with Crippen LogP contribution in [0.4, 0.5) is 5.69 Å². The summed E-state index contributed by atoms with van der Waals surface area (Å²) < 4.78 is 0. The molecular formula is C12H16N2S2. The Morgan fingerprint density at radius 1 is 1.44 bits per heavy atom. The fourth-order valence-electron chi connectivity index (χ4n) is 1.15. The van der Waals surface area contributed by atoms with E-state index in [0.29, 0.717) is 11.7 Å². The smallest absolute Gasteiger partial charge is 0.171 e. The molecule has 0 aromatic heterocycles. The van der Waals surface area contributed by atoms with Crippen LogP contribution < -0.4 is 10.6 Å². The van der Waals surface area contributed by atoms with Gasteiger partial charge >= 0.3 is 0 Å². The maximum Gasteiger partial charge on any atom is 0.171 e. The zero-order chi connectivity index (χ0) is 12.0. The molecule has 0 aliphatic heterocycles. The Hall–Kier alpha value is -1.00. The molecule has 0 aliphatic rings. The summed E-state index contributed by atoms with van der Waals surface area (Å²) >= 11 is 6.88. The van der Waals surface area contributed by atoms with Crippen LogP contribution in [0.25, 0.3) is 0 Å². The summed E-state index contributed by atoms with van der Waals surface area (Å²) in [6, 6.07) is 8.08. The normalized spacial score (nSPS) is 9.62. The van der Waals surface area contributed by atoms with Gasteiger partial charge in [0.25, 0.3) is 0 Å². The molecule has 1 aromatic rings. The molecule has 0 heterocycles. The van der Waals surface area contributed by atoms with E-state index < -0.39 is 0 Å². The van der Waals surface area contributed by atoms with Gasteiger partial charge in [0, 0.05) is 11.4 Å². The topological polar surface area (TPSA) is 24.1 Å². The zero-order valence-electron chi connectivity index (χ0n) is 9.54. The zero-order valence-corrected chi connectivity index (χ0v) is 11.2. The summed E-state index contributed by atoms with van der Waals surface area (Å²) in [5.41, 5.74) is 2.09. The number of nitrogens with one attached hydrogen (secondary N) is 2. The van der Waals surface area contributed by atoms with Crippen molar-refractivity contribution in [3.05, 3.63) is 36.4 Å². The lowest BCUT2D eigenvalue weighted by Gasteiger charge is -2.12. The Labute approximate surface area is 107 Å². The number of thiocarbonyl (C=S) groups is 1. The van der Waals surface area contributed by atoms with E-state index in [1.807, 2.05) is 31.4 Å². The summed E-state index contributed by atoms with van der Waals surface area (Å²) in [6.45, 7) is 6.48. The van der Waals surface area contributed by atoms with Gasteiger partial charge in [-0.3, -0.25) is 0 Å². The molecule has 0 bridgehead atoms. The predicted octanol–water partition coefficient (Wildman–Crippen LogP) is 3.27. The molecule has 0 saturated heterocycles. The molecule has 0 spiro atoms. The summed E-state index contributed by atoms with van der Waals surface area (Å²) in [5, 5.41) is 6.90. The number of hydrogen-bond donors (Lipinski definition) is 2. The first kappa shape index (κ1) is 13.1. The SMILES string of the molecule is C=C(C)CNC(=S)Nc1ccccc1SC. The minimum atomic E-state index is 0.629. The highest BCUT2D eigenvalue weighted by molar-refractivity contribution is 7.98. The van der Waals surface area contributed by atoms with Crippen LogP contribution in [0.2, 0.25) is 0 Å². The Balaban J connectivity index is 2.58. The van der Waals surface area contributed by atoms with Gasteiger partial charge in [-0.05, 0) is 37.5 Å². The molecule has 2 nitrogen and oxygen atoms in total. The van der Waals surface area contributed by atoms with Crippen LogP contribution in [0, 0.1) is 0 Å². The van der Waals surface area contributed by atoms with Gasteiger partial charge in [-0.2, -0.15) is 0 Å². The number of anilines is 1. The molecule has 86 valence electrons. The molecule has 0 atom stereocenters. The van der Waals surface area contributed by atoms with Crippen LogP contribution in [0.5, 0.6) is 0 Å². The molecule has 4 heteroatoms. The van der Waals surface area contributed by atoms with E-state index in [0.717, 1.165) is 11.3 Å². The van der Waals surface area contributed by atoms with E-state index in [-0.39, 0.29) is 0 Å². The first-order valence-corrected chi connectivity index (χ1v) is 6.59. The number of benzene rings is 1. The second kappa shape index (κ2) is 6.55. The maximum absolute atomic E-state index is 5.19. The molecule has 2 N–H and O–H groups in total. The second-order valence-electron chi connectivity index (χ2n) is 3.47. The molecule has 1 rings (SSSR count). The molecular weight excluding hydrogens is 236 g/mol. The summed E-state index contributed by atoms with van der Waals surface area (Å²) in [6.07, 6.45) is 2.05. The third-order valence-electron chi connectivity index (χ3n) is 1.91. The maximum atomic E-state index is 5.19. The van der Waals surface area contributed by atoms with E-state index in [2.05, 4.69) is 23.3 Å². The number of hydrogen-bond acceptors (Lipinski definition) is 2. The highest BCUT2D eigenvalue weighted by Crippen LogP contribution is 2.24.